The van der Waals surface area contributed by atoms with Crippen LogP contribution in [0, 0.1) is 0 Å². The molecule has 2 aromatic rings. The predicted molar refractivity (Wildman–Crippen MR) is 70.1 cm³/mol. The van der Waals surface area contributed by atoms with Gasteiger partial charge in [-0.2, -0.15) is 4.37 Å². The van der Waals surface area contributed by atoms with Crippen molar-refractivity contribution in [1.82, 2.24) is 9.36 Å². The number of ether oxygens (including phenoxy) is 1. The Morgan fingerprint density at radius 2 is 2.17 bits per heavy atom. The number of anilines is 1. The maximum Gasteiger partial charge on any atom is 0.266 e. The minimum atomic E-state index is -0.630. The number of carbonyl (C=O) groups is 1. The Morgan fingerprint density at radius 3 is 2.78 bits per heavy atom. The highest BCUT2D eigenvalue weighted by molar-refractivity contribution is 7.09. The number of hydrogen-bond donors (Lipinski definition) is 1. The highest BCUT2D eigenvalue weighted by Gasteiger charge is 2.15. The van der Waals surface area contributed by atoms with Crippen molar-refractivity contribution in [2.45, 2.75) is 13.0 Å². The van der Waals surface area contributed by atoms with Crippen LogP contribution in [0.5, 0.6) is 5.75 Å². The summed E-state index contributed by atoms with van der Waals surface area (Å²) in [5, 5.41) is 3.68. The van der Waals surface area contributed by atoms with Crippen LogP contribution in [0.15, 0.2) is 30.6 Å². The van der Waals surface area contributed by atoms with Gasteiger partial charge in [-0.15, -0.1) is 0 Å². The Morgan fingerprint density at radius 1 is 1.44 bits per heavy atom. The highest BCUT2D eigenvalue weighted by atomic mass is 35.5. The molecular weight excluding hydrogens is 274 g/mol. The van der Waals surface area contributed by atoms with E-state index in [1.807, 2.05) is 0 Å². The van der Waals surface area contributed by atoms with Crippen molar-refractivity contribution in [2.24, 2.45) is 0 Å². The van der Waals surface area contributed by atoms with Crippen LogP contribution in [0.25, 0.3) is 0 Å². The summed E-state index contributed by atoms with van der Waals surface area (Å²) in [4.78, 5) is 15.6. The summed E-state index contributed by atoms with van der Waals surface area (Å²) >= 11 is 6.87. The fourth-order valence-electron chi connectivity index (χ4n) is 1.21. The standard InChI is InChI=1S/C11H10ClN3O2S/c1-7(10(16)15-11-13-6-14-18-11)17-9-4-2-8(12)3-5-9/h2-7H,1H3,(H,13,14,15,16). The quantitative estimate of drug-likeness (QED) is 0.937. The third-order valence-corrected chi connectivity index (χ3v) is 2.92. The van der Waals surface area contributed by atoms with Gasteiger partial charge in [0.2, 0.25) is 5.13 Å². The van der Waals surface area contributed by atoms with Crippen LogP contribution < -0.4 is 10.1 Å². The Labute approximate surface area is 113 Å². The van der Waals surface area contributed by atoms with Gasteiger partial charge in [0.15, 0.2) is 6.10 Å². The van der Waals surface area contributed by atoms with Crippen molar-refractivity contribution >= 4 is 34.2 Å². The summed E-state index contributed by atoms with van der Waals surface area (Å²) in [6.07, 6.45) is 0.750. The molecule has 0 spiro atoms. The molecule has 0 saturated heterocycles. The van der Waals surface area contributed by atoms with Crippen LogP contribution >= 0.6 is 23.1 Å². The largest absolute Gasteiger partial charge is 0.481 e. The summed E-state index contributed by atoms with van der Waals surface area (Å²) in [6, 6.07) is 6.81. The van der Waals surface area contributed by atoms with E-state index in [0.29, 0.717) is 15.9 Å². The zero-order valence-electron chi connectivity index (χ0n) is 9.46. The molecule has 94 valence electrons. The van der Waals surface area contributed by atoms with E-state index < -0.39 is 6.10 Å². The van der Waals surface area contributed by atoms with Crippen LogP contribution in [-0.4, -0.2) is 21.4 Å². The Bertz CT molecular complexity index is 516. The average Bonchev–Trinajstić information content (AvgIpc) is 2.85. The van der Waals surface area contributed by atoms with Gasteiger partial charge in [0.25, 0.3) is 5.91 Å². The Kier molecular flexibility index (Phi) is 4.11. The molecule has 0 aliphatic rings. The second-order valence-electron chi connectivity index (χ2n) is 3.45. The van der Waals surface area contributed by atoms with E-state index in [1.165, 1.54) is 6.33 Å². The third-order valence-electron chi connectivity index (χ3n) is 2.09. The van der Waals surface area contributed by atoms with Crippen molar-refractivity contribution in [3.63, 3.8) is 0 Å². The van der Waals surface area contributed by atoms with Crippen molar-refractivity contribution < 1.29 is 9.53 Å². The maximum atomic E-state index is 11.8. The average molecular weight is 284 g/mol. The van der Waals surface area contributed by atoms with Crippen LogP contribution in [0.1, 0.15) is 6.92 Å². The molecule has 1 atom stereocenters. The second kappa shape index (κ2) is 5.79. The van der Waals surface area contributed by atoms with Gasteiger partial charge >= 0.3 is 0 Å². The molecular formula is C11H10ClN3O2S. The molecule has 2 rings (SSSR count). The molecule has 0 fully saturated rings. The predicted octanol–water partition coefficient (Wildman–Crippen LogP) is 2.60. The van der Waals surface area contributed by atoms with E-state index in [0.717, 1.165) is 11.5 Å². The maximum absolute atomic E-state index is 11.8. The van der Waals surface area contributed by atoms with E-state index in [1.54, 1.807) is 31.2 Å². The number of halogens is 1. The molecule has 5 nitrogen and oxygen atoms in total. The summed E-state index contributed by atoms with van der Waals surface area (Å²) in [5.74, 6) is 0.306. The number of amides is 1. The SMILES string of the molecule is CC(Oc1ccc(Cl)cc1)C(=O)Nc1ncns1. The van der Waals surface area contributed by atoms with E-state index in [2.05, 4.69) is 14.7 Å². The number of nitrogens with zero attached hydrogens (tertiary/aromatic N) is 2. The fraction of sp³-hybridized carbons (Fsp3) is 0.182. The summed E-state index contributed by atoms with van der Waals surface area (Å²) in [5.41, 5.74) is 0. The Balaban J connectivity index is 1.93. The lowest BCUT2D eigenvalue weighted by Gasteiger charge is -2.13. The molecule has 1 aromatic heterocycles. The molecule has 18 heavy (non-hydrogen) atoms. The van der Waals surface area contributed by atoms with Crippen molar-refractivity contribution in [3.8, 4) is 5.75 Å². The molecule has 7 heteroatoms. The molecule has 1 unspecified atom stereocenters. The first-order valence-electron chi connectivity index (χ1n) is 5.15. The number of aromatic nitrogens is 2. The molecule has 0 radical (unpaired) electrons. The molecule has 0 aliphatic heterocycles. The third kappa shape index (κ3) is 3.41. The topological polar surface area (TPSA) is 64.1 Å². The van der Waals surface area contributed by atoms with Gasteiger partial charge in [0.05, 0.1) is 0 Å². The molecule has 0 aliphatic carbocycles. The number of carbonyl (C=O) groups excluding carboxylic acids is 1. The van der Waals surface area contributed by atoms with E-state index >= 15 is 0 Å². The minimum absolute atomic E-state index is 0.276. The lowest BCUT2D eigenvalue weighted by Crippen LogP contribution is -2.30. The van der Waals surface area contributed by atoms with E-state index in [4.69, 9.17) is 16.3 Å². The molecule has 0 bridgehead atoms. The molecule has 0 saturated carbocycles. The summed E-state index contributed by atoms with van der Waals surface area (Å²) < 4.78 is 9.25. The van der Waals surface area contributed by atoms with Gasteiger partial charge < -0.3 is 4.74 Å². The van der Waals surface area contributed by atoms with Gasteiger partial charge in [-0.05, 0) is 31.2 Å². The number of benzene rings is 1. The number of nitrogens with one attached hydrogen (secondary N) is 1. The zero-order valence-corrected chi connectivity index (χ0v) is 11.0. The zero-order chi connectivity index (χ0) is 13.0. The van der Waals surface area contributed by atoms with Gasteiger partial charge in [-0.1, -0.05) is 11.6 Å². The van der Waals surface area contributed by atoms with Crippen molar-refractivity contribution in [2.75, 3.05) is 5.32 Å². The van der Waals surface area contributed by atoms with Crippen molar-refractivity contribution in [3.05, 3.63) is 35.6 Å². The first-order valence-corrected chi connectivity index (χ1v) is 6.30. The Hall–Kier alpha value is -1.66. The fourth-order valence-corrected chi connectivity index (χ4v) is 1.77. The van der Waals surface area contributed by atoms with Crippen LogP contribution in [0.4, 0.5) is 5.13 Å². The lowest BCUT2D eigenvalue weighted by atomic mass is 10.3. The highest BCUT2D eigenvalue weighted by Crippen LogP contribution is 2.17. The molecule has 1 heterocycles. The number of hydrogen-bond acceptors (Lipinski definition) is 5. The first kappa shape index (κ1) is 12.8. The molecule has 1 aromatic carbocycles. The molecule has 1 N–H and O–H groups in total. The van der Waals surface area contributed by atoms with Gasteiger partial charge in [-0.3, -0.25) is 10.1 Å². The van der Waals surface area contributed by atoms with Gasteiger partial charge in [-0.25, -0.2) is 4.98 Å². The molecule has 1 amide bonds. The van der Waals surface area contributed by atoms with E-state index in [9.17, 15) is 4.79 Å². The van der Waals surface area contributed by atoms with Crippen LogP contribution in [-0.2, 0) is 4.79 Å². The summed E-state index contributed by atoms with van der Waals surface area (Å²) in [7, 11) is 0. The second-order valence-corrected chi connectivity index (χ2v) is 4.67. The van der Waals surface area contributed by atoms with Gasteiger partial charge in [0, 0.05) is 16.6 Å². The minimum Gasteiger partial charge on any atom is -0.481 e. The normalized spacial score (nSPS) is 11.9. The van der Waals surface area contributed by atoms with Crippen molar-refractivity contribution in [1.29, 1.82) is 0 Å². The first-order chi connectivity index (χ1) is 8.65. The summed E-state index contributed by atoms with van der Waals surface area (Å²) in [6.45, 7) is 1.66. The number of rotatable bonds is 4. The van der Waals surface area contributed by atoms with Crippen LogP contribution in [0.3, 0.4) is 0 Å². The van der Waals surface area contributed by atoms with Crippen LogP contribution in [0.2, 0.25) is 5.02 Å². The lowest BCUT2D eigenvalue weighted by molar-refractivity contribution is -0.122. The monoisotopic (exact) mass is 283 g/mol. The van der Waals surface area contributed by atoms with E-state index in [-0.39, 0.29) is 5.91 Å². The smallest absolute Gasteiger partial charge is 0.266 e. The van der Waals surface area contributed by atoms with Gasteiger partial charge in [0.1, 0.15) is 12.1 Å².